The van der Waals surface area contributed by atoms with E-state index in [2.05, 4.69) is 4.98 Å². The van der Waals surface area contributed by atoms with Gasteiger partial charge in [-0.05, 0) is 53.4 Å². The fraction of sp³-hybridized carbons (Fsp3) is 0.321. The van der Waals surface area contributed by atoms with E-state index in [9.17, 15) is 41.0 Å². The summed E-state index contributed by atoms with van der Waals surface area (Å²) in [5.41, 5.74) is -1.15. The lowest BCUT2D eigenvalue weighted by Gasteiger charge is -2.34. The molecular weight excluding hydrogens is 554 g/mol. The van der Waals surface area contributed by atoms with Crippen LogP contribution in [0.5, 0.6) is 0 Å². The van der Waals surface area contributed by atoms with Gasteiger partial charge in [0, 0.05) is 46.0 Å². The fourth-order valence-corrected chi connectivity index (χ4v) is 4.67. The van der Waals surface area contributed by atoms with Crippen molar-refractivity contribution >= 4 is 17.8 Å². The molecular formula is C28H26F6N4O3. The molecule has 41 heavy (non-hydrogen) atoms. The van der Waals surface area contributed by atoms with Crippen molar-refractivity contribution in [2.24, 2.45) is 0 Å². The first-order chi connectivity index (χ1) is 19.1. The molecule has 0 spiro atoms. The van der Waals surface area contributed by atoms with Crippen molar-refractivity contribution in [2.75, 3.05) is 38.1 Å². The van der Waals surface area contributed by atoms with Crippen molar-refractivity contribution < 1.29 is 41.0 Å². The van der Waals surface area contributed by atoms with Crippen LogP contribution in [0, 0.1) is 6.92 Å². The quantitative estimate of drug-likeness (QED) is 0.366. The van der Waals surface area contributed by atoms with Crippen LogP contribution in [0.4, 0.5) is 37.0 Å². The molecule has 0 unspecified atom stereocenters. The summed E-state index contributed by atoms with van der Waals surface area (Å²) >= 11 is 0. The molecule has 1 fully saturated rings. The summed E-state index contributed by atoms with van der Waals surface area (Å²) in [6.45, 7) is 2.58. The molecule has 4 rings (SSSR count). The number of halogens is 6. The highest BCUT2D eigenvalue weighted by Gasteiger charge is 2.37. The Bertz CT molecular complexity index is 1420. The number of piperazine rings is 1. The van der Waals surface area contributed by atoms with Gasteiger partial charge in [-0.25, -0.2) is 9.78 Å². The Balaban J connectivity index is 1.68. The number of carbonyl (C=O) groups excluding carboxylic acids is 1. The number of alkyl halides is 6. The molecule has 7 nitrogen and oxygen atoms in total. The number of pyridine rings is 1. The van der Waals surface area contributed by atoms with Gasteiger partial charge in [-0.1, -0.05) is 24.3 Å². The van der Waals surface area contributed by atoms with E-state index in [1.807, 2.05) is 24.0 Å². The van der Waals surface area contributed by atoms with Crippen LogP contribution in [0.1, 0.15) is 32.6 Å². The highest BCUT2D eigenvalue weighted by atomic mass is 19.4. The topological polar surface area (TPSA) is 77.0 Å². The van der Waals surface area contributed by atoms with Gasteiger partial charge in [0.15, 0.2) is 0 Å². The van der Waals surface area contributed by atoms with Gasteiger partial charge in [0.1, 0.15) is 5.82 Å². The van der Waals surface area contributed by atoms with Gasteiger partial charge < -0.3 is 19.8 Å². The van der Waals surface area contributed by atoms with Crippen LogP contribution in [0.3, 0.4) is 0 Å². The number of benzene rings is 2. The zero-order valence-electron chi connectivity index (χ0n) is 22.1. The predicted molar refractivity (Wildman–Crippen MR) is 138 cm³/mol. The summed E-state index contributed by atoms with van der Waals surface area (Å²) in [4.78, 5) is 33.4. The first-order valence-corrected chi connectivity index (χ1v) is 12.5. The van der Waals surface area contributed by atoms with E-state index in [1.165, 1.54) is 18.1 Å². The Morgan fingerprint density at radius 3 is 2.02 bits per heavy atom. The second kappa shape index (κ2) is 11.3. The Morgan fingerprint density at radius 2 is 1.49 bits per heavy atom. The van der Waals surface area contributed by atoms with Crippen molar-refractivity contribution in [2.45, 2.75) is 25.8 Å². The first-order valence-electron chi connectivity index (χ1n) is 12.5. The number of carbonyl (C=O) groups is 2. The van der Waals surface area contributed by atoms with Crippen molar-refractivity contribution in [1.82, 2.24) is 14.8 Å². The van der Waals surface area contributed by atoms with E-state index in [1.54, 1.807) is 18.2 Å². The van der Waals surface area contributed by atoms with E-state index < -0.39 is 42.0 Å². The van der Waals surface area contributed by atoms with Crippen molar-refractivity contribution in [1.29, 1.82) is 0 Å². The normalized spacial score (nSPS) is 14.2. The maximum Gasteiger partial charge on any atom is 0.416 e. The molecule has 1 aliphatic heterocycles. The lowest BCUT2D eigenvalue weighted by molar-refractivity contribution is -0.143. The third-order valence-corrected chi connectivity index (χ3v) is 6.84. The van der Waals surface area contributed by atoms with E-state index in [0.29, 0.717) is 42.2 Å². The van der Waals surface area contributed by atoms with Gasteiger partial charge in [-0.3, -0.25) is 4.79 Å². The number of aryl methyl sites for hydroxylation is 1. The zero-order chi connectivity index (χ0) is 30.1. The Hall–Kier alpha value is -4.29. The summed E-state index contributed by atoms with van der Waals surface area (Å²) in [6.07, 6.45) is -9.71. The molecule has 1 N–H and O–H groups in total. The largest absolute Gasteiger partial charge is 0.465 e. The molecule has 218 valence electrons. The predicted octanol–water partition coefficient (Wildman–Crippen LogP) is 6.17. The fourth-order valence-electron chi connectivity index (χ4n) is 4.67. The number of anilines is 1. The lowest BCUT2D eigenvalue weighted by atomic mass is 9.96. The average molecular weight is 581 g/mol. The summed E-state index contributed by atoms with van der Waals surface area (Å²) in [5.74, 6) is -0.149. The number of amides is 2. The third-order valence-electron chi connectivity index (χ3n) is 6.84. The number of aromatic nitrogens is 1. The molecule has 2 aromatic carbocycles. The molecule has 0 aliphatic carbocycles. The molecule has 2 amide bonds. The number of carboxylic acid groups (broad SMARTS) is 1. The van der Waals surface area contributed by atoms with Gasteiger partial charge in [0.05, 0.1) is 16.7 Å². The molecule has 0 saturated carbocycles. The third kappa shape index (κ3) is 6.72. The number of rotatable bonds is 5. The number of hydrogen-bond donors (Lipinski definition) is 1. The van der Waals surface area contributed by atoms with Crippen LogP contribution in [-0.2, 0) is 18.9 Å². The van der Waals surface area contributed by atoms with Crippen LogP contribution in [-0.4, -0.2) is 65.1 Å². The number of nitrogens with zero attached hydrogens (tertiary/aromatic N) is 4. The van der Waals surface area contributed by atoms with Gasteiger partial charge >= 0.3 is 18.4 Å². The Labute approximate surface area is 231 Å². The summed E-state index contributed by atoms with van der Waals surface area (Å²) in [6, 6.07) is 10.1. The first kappa shape index (κ1) is 29.7. The van der Waals surface area contributed by atoms with Gasteiger partial charge in [0.25, 0.3) is 5.91 Å². The van der Waals surface area contributed by atoms with Crippen molar-refractivity contribution in [3.63, 3.8) is 0 Å². The van der Waals surface area contributed by atoms with Crippen LogP contribution < -0.4 is 4.90 Å². The molecule has 1 aliphatic rings. The van der Waals surface area contributed by atoms with Gasteiger partial charge in [0.2, 0.25) is 0 Å². The minimum atomic E-state index is -5.01. The highest BCUT2D eigenvalue weighted by molar-refractivity contribution is 6.01. The van der Waals surface area contributed by atoms with Crippen LogP contribution in [0.15, 0.2) is 54.7 Å². The summed E-state index contributed by atoms with van der Waals surface area (Å²) in [7, 11) is 1.29. The van der Waals surface area contributed by atoms with Crippen LogP contribution >= 0.6 is 0 Å². The maximum absolute atomic E-state index is 13.6. The molecule has 13 heteroatoms. The van der Waals surface area contributed by atoms with Crippen LogP contribution in [0.2, 0.25) is 0 Å². The zero-order valence-corrected chi connectivity index (χ0v) is 22.1. The SMILES string of the molecule is Cc1ccccc1-c1cc(N2CCN(C(=O)O)CC2)ncc1C(=O)N(C)Cc1cc(C(F)(F)F)cc(C(F)(F)F)c1. The highest BCUT2D eigenvalue weighted by Crippen LogP contribution is 2.37. The smallest absolute Gasteiger partial charge is 0.416 e. The van der Waals surface area contributed by atoms with Crippen molar-refractivity contribution in [3.8, 4) is 11.1 Å². The molecule has 1 saturated heterocycles. The molecule has 2 heterocycles. The molecule has 0 bridgehead atoms. The standard InChI is InChI=1S/C28H26F6N4O3/c1-17-5-3-4-6-21(17)22-14-24(37-7-9-38(10-8-37)26(40)41)35-15-23(22)25(39)36(2)16-18-11-19(27(29,30)31)13-20(12-18)28(32,33)34/h3-6,11-15H,7-10,16H2,1-2H3,(H,40,41). The van der Waals surface area contributed by atoms with Crippen molar-refractivity contribution in [3.05, 3.63) is 82.5 Å². The Kier molecular flexibility index (Phi) is 8.18. The van der Waals surface area contributed by atoms with E-state index in [-0.39, 0.29) is 30.3 Å². The molecule has 3 aromatic rings. The monoisotopic (exact) mass is 580 g/mol. The van der Waals surface area contributed by atoms with Crippen LogP contribution in [0.25, 0.3) is 11.1 Å². The molecule has 1 aromatic heterocycles. The minimum absolute atomic E-state index is 0.0422. The second-order valence-electron chi connectivity index (χ2n) is 9.74. The van der Waals surface area contributed by atoms with E-state index in [4.69, 9.17) is 0 Å². The minimum Gasteiger partial charge on any atom is -0.465 e. The summed E-state index contributed by atoms with van der Waals surface area (Å²) < 4.78 is 80.0. The molecule has 0 atom stereocenters. The van der Waals surface area contributed by atoms with Gasteiger partial charge in [-0.2, -0.15) is 26.3 Å². The Morgan fingerprint density at radius 1 is 0.902 bits per heavy atom. The maximum atomic E-state index is 13.6. The lowest BCUT2D eigenvalue weighted by Crippen LogP contribution is -2.48. The van der Waals surface area contributed by atoms with Gasteiger partial charge in [-0.15, -0.1) is 0 Å². The second-order valence-corrected chi connectivity index (χ2v) is 9.74. The molecule has 0 radical (unpaired) electrons. The average Bonchev–Trinajstić information content (AvgIpc) is 2.91. The summed E-state index contributed by atoms with van der Waals surface area (Å²) in [5, 5.41) is 9.22. The van der Waals surface area contributed by atoms with E-state index >= 15 is 0 Å². The number of hydrogen-bond acceptors (Lipinski definition) is 4. The van der Waals surface area contributed by atoms with E-state index in [0.717, 1.165) is 10.5 Å².